The highest BCUT2D eigenvalue weighted by Crippen LogP contribution is 2.33. The summed E-state index contributed by atoms with van der Waals surface area (Å²) < 4.78 is 56.5. The summed E-state index contributed by atoms with van der Waals surface area (Å²) in [6, 6.07) is 6.95. The maximum absolute atomic E-state index is 13.6. The summed E-state index contributed by atoms with van der Waals surface area (Å²) in [4.78, 5) is 0. The van der Waals surface area contributed by atoms with Crippen LogP contribution in [0.25, 0.3) is 0 Å². The third kappa shape index (κ3) is 4.06. The molecule has 2 aromatic carbocycles. The summed E-state index contributed by atoms with van der Waals surface area (Å²) in [5, 5.41) is 0. The van der Waals surface area contributed by atoms with Crippen molar-refractivity contribution in [2.45, 2.75) is 0 Å². The van der Waals surface area contributed by atoms with Crippen LogP contribution in [0.4, 0.5) is 20.2 Å². The fraction of sp³-hybridized carbons (Fsp3) is 0.0769. The summed E-state index contributed by atoms with van der Waals surface area (Å²) in [5.74, 6) is -1.91. The molecule has 0 saturated heterocycles. The topological polar surface area (TPSA) is 81.4 Å². The number of nitrogen functional groups attached to an aromatic ring is 1. The largest absolute Gasteiger partial charge is 0.452 e. The number of sulfonamides is 1. The molecule has 0 aliphatic heterocycles. The third-order valence-corrected chi connectivity index (χ3v) is 3.01. The predicted octanol–water partition coefficient (Wildman–Crippen LogP) is 2.71. The molecule has 0 spiro atoms. The van der Waals surface area contributed by atoms with Crippen LogP contribution < -0.4 is 15.2 Å². The molecule has 0 atom stereocenters. The van der Waals surface area contributed by atoms with Crippen LogP contribution in [0.15, 0.2) is 36.4 Å². The van der Waals surface area contributed by atoms with Gasteiger partial charge in [0.2, 0.25) is 10.0 Å². The molecule has 0 aromatic heterocycles. The fourth-order valence-corrected chi connectivity index (χ4v) is 2.15. The van der Waals surface area contributed by atoms with Gasteiger partial charge in [-0.1, -0.05) is 0 Å². The highest BCUT2D eigenvalue weighted by molar-refractivity contribution is 7.92. The monoisotopic (exact) mass is 314 g/mol. The normalized spacial score (nSPS) is 11.2. The number of nitrogens with one attached hydrogen (secondary N) is 1. The molecular weight excluding hydrogens is 302 g/mol. The number of nitrogens with two attached hydrogens (primary N) is 1. The number of hydrogen-bond donors (Lipinski definition) is 2. The first kappa shape index (κ1) is 15.0. The Labute approximate surface area is 120 Å². The van der Waals surface area contributed by atoms with Gasteiger partial charge in [0.15, 0.2) is 17.3 Å². The van der Waals surface area contributed by atoms with Crippen molar-refractivity contribution in [2.24, 2.45) is 0 Å². The van der Waals surface area contributed by atoms with Crippen LogP contribution in [-0.4, -0.2) is 14.7 Å². The minimum absolute atomic E-state index is 0.00549. The van der Waals surface area contributed by atoms with Crippen molar-refractivity contribution in [1.29, 1.82) is 0 Å². The van der Waals surface area contributed by atoms with Crippen molar-refractivity contribution >= 4 is 21.4 Å². The average molecular weight is 314 g/mol. The molecule has 0 saturated carbocycles. The zero-order valence-corrected chi connectivity index (χ0v) is 11.7. The number of hydrogen-bond acceptors (Lipinski definition) is 4. The minimum atomic E-state index is -3.55. The van der Waals surface area contributed by atoms with E-state index in [2.05, 4.69) is 4.72 Å². The van der Waals surface area contributed by atoms with Gasteiger partial charge < -0.3 is 10.5 Å². The van der Waals surface area contributed by atoms with E-state index in [1.54, 1.807) is 0 Å². The molecular formula is C13H12F2N2O3S. The van der Waals surface area contributed by atoms with E-state index in [-0.39, 0.29) is 17.2 Å². The molecule has 0 radical (unpaired) electrons. The first-order chi connectivity index (χ1) is 9.74. The van der Waals surface area contributed by atoms with Crippen LogP contribution in [0.1, 0.15) is 0 Å². The van der Waals surface area contributed by atoms with Crippen LogP contribution in [0.2, 0.25) is 0 Å². The van der Waals surface area contributed by atoms with Gasteiger partial charge in [0.25, 0.3) is 0 Å². The molecule has 0 bridgehead atoms. The van der Waals surface area contributed by atoms with E-state index < -0.39 is 21.7 Å². The third-order valence-electron chi connectivity index (χ3n) is 2.41. The SMILES string of the molecule is CS(=O)(=O)Nc1ccc(N)cc1Oc1ccc(F)cc1F. The van der Waals surface area contributed by atoms with Crippen molar-refractivity contribution in [3.8, 4) is 11.5 Å². The van der Waals surface area contributed by atoms with E-state index in [1.807, 2.05) is 0 Å². The molecule has 5 nitrogen and oxygen atoms in total. The van der Waals surface area contributed by atoms with Gasteiger partial charge in [0.05, 0.1) is 11.9 Å². The molecule has 2 aromatic rings. The number of halogens is 2. The molecule has 3 N–H and O–H groups in total. The number of anilines is 2. The number of benzene rings is 2. The smallest absolute Gasteiger partial charge is 0.229 e. The first-order valence-corrected chi connectivity index (χ1v) is 7.64. The Balaban J connectivity index is 2.40. The van der Waals surface area contributed by atoms with E-state index in [9.17, 15) is 17.2 Å². The van der Waals surface area contributed by atoms with Crippen LogP contribution in [0.5, 0.6) is 11.5 Å². The lowest BCUT2D eigenvalue weighted by molar-refractivity contribution is 0.439. The van der Waals surface area contributed by atoms with E-state index in [0.29, 0.717) is 11.8 Å². The van der Waals surface area contributed by atoms with Gasteiger partial charge >= 0.3 is 0 Å². The lowest BCUT2D eigenvalue weighted by Gasteiger charge is -2.13. The minimum Gasteiger partial charge on any atom is -0.452 e. The molecule has 0 amide bonds. The van der Waals surface area contributed by atoms with Crippen LogP contribution in [-0.2, 0) is 10.0 Å². The predicted molar refractivity (Wildman–Crippen MR) is 75.8 cm³/mol. The van der Waals surface area contributed by atoms with E-state index in [0.717, 1.165) is 18.4 Å². The average Bonchev–Trinajstić information content (AvgIpc) is 2.34. The molecule has 21 heavy (non-hydrogen) atoms. The lowest BCUT2D eigenvalue weighted by Crippen LogP contribution is -2.10. The Kier molecular flexibility index (Phi) is 3.99. The maximum atomic E-state index is 13.6. The molecule has 0 heterocycles. The van der Waals surface area contributed by atoms with Crippen molar-refractivity contribution in [3.05, 3.63) is 48.0 Å². The Hall–Kier alpha value is -2.35. The van der Waals surface area contributed by atoms with Crippen LogP contribution in [0.3, 0.4) is 0 Å². The van der Waals surface area contributed by atoms with Gasteiger partial charge in [0, 0.05) is 17.8 Å². The Morgan fingerprint density at radius 2 is 1.81 bits per heavy atom. The van der Waals surface area contributed by atoms with Crippen molar-refractivity contribution in [2.75, 3.05) is 16.7 Å². The number of rotatable bonds is 4. The Bertz CT molecular complexity index is 779. The highest BCUT2D eigenvalue weighted by Gasteiger charge is 2.12. The highest BCUT2D eigenvalue weighted by atomic mass is 32.2. The number of ether oxygens (including phenoxy) is 1. The quantitative estimate of drug-likeness (QED) is 0.850. The molecule has 0 aliphatic carbocycles. The molecule has 8 heteroatoms. The molecule has 2 rings (SSSR count). The zero-order valence-electron chi connectivity index (χ0n) is 10.9. The zero-order chi connectivity index (χ0) is 15.6. The van der Waals surface area contributed by atoms with E-state index >= 15 is 0 Å². The standard InChI is InChI=1S/C13H12F2N2O3S/c1-21(18,19)17-11-4-3-9(16)7-13(11)20-12-5-2-8(14)6-10(12)15/h2-7,17H,16H2,1H3. The van der Waals surface area contributed by atoms with Gasteiger partial charge in [-0.25, -0.2) is 17.2 Å². The van der Waals surface area contributed by atoms with Crippen LogP contribution in [0, 0.1) is 11.6 Å². The Morgan fingerprint density at radius 1 is 1.10 bits per heavy atom. The maximum Gasteiger partial charge on any atom is 0.229 e. The van der Waals surface area contributed by atoms with E-state index in [4.69, 9.17) is 10.5 Å². The van der Waals surface area contributed by atoms with Crippen LogP contribution >= 0.6 is 0 Å². The van der Waals surface area contributed by atoms with Gasteiger partial charge in [-0.3, -0.25) is 4.72 Å². The van der Waals surface area contributed by atoms with E-state index in [1.165, 1.54) is 18.2 Å². The molecule has 112 valence electrons. The van der Waals surface area contributed by atoms with Crippen molar-refractivity contribution in [1.82, 2.24) is 0 Å². The molecule has 0 aliphatic rings. The first-order valence-electron chi connectivity index (χ1n) is 5.75. The second-order valence-electron chi connectivity index (χ2n) is 4.31. The summed E-state index contributed by atoms with van der Waals surface area (Å²) in [6.07, 6.45) is 0.964. The van der Waals surface area contributed by atoms with Gasteiger partial charge in [0.1, 0.15) is 5.82 Å². The molecule has 0 fully saturated rings. The second kappa shape index (κ2) is 5.57. The summed E-state index contributed by atoms with van der Waals surface area (Å²) in [6.45, 7) is 0. The van der Waals surface area contributed by atoms with Gasteiger partial charge in [-0.05, 0) is 24.3 Å². The van der Waals surface area contributed by atoms with Crippen molar-refractivity contribution < 1.29 is 21.9 Å². The Morgan fingerprint density at radius 3 is 2.43 bits per heavy atom. The summed E-state index contributed by atoms with van der Waals surface area (Å²) >= 11 is 0. The second-order valence-corrected chi connectivity index (χ2v) is 6.06. The molecule has 0 unspecified atom stereocenters. The summed E-state index contributed by atoms with van der Waals surface area (Å²) in [7, 11) is -3.55. The lowest BCUT2D eigenvalue weighted by atomic mass is 10.2. The summed E-state index contributed by atoms with van der Waals surface area (Å²) in [5.41, 5.74) is 5.99. The van der Waals surface area contributed by atoms with Crippen molar-refractivity contribution in [3.63, 3.8) is 0 Å². The van der Waals surface area contributed by atoms with Gasteiger partial charge in [-0.2, -0.15) is 0 Å². The van der Waals surface area contributed by atoms with Gasteiger partial charge in [-0.15, -0.1) is 0 Å². The fourth-order valence-electron chi connectivity index (χ4n) is 1.58.